The van der Waals surface area contributed by atoms with Gasteiger partial charge in [0.1, 0.15) is 0 Å². The van der Waals surface area contributed by atoms with Gasteiger partial charge in [-0.25, -0.2) is 0 Å². The molecule has 0 aromatic heterocycles. The molecule has 1 aliphatic heterocycles. The Kier molecular flexibility index (Phi) is 5.04. The number of rotatable bonds is 4. The highest BCUT2D eigenvalue weighted by Gasteiger charge is 2.52. The van der Waals surface area contributed by atoms with Gasteiger partial charge in [-0.3, -0.25) is 9.69 Å². The van der Waals surface area contributed by atoms with Crippen LogP contribution in [0.4, 0.5) is 0 Å². The van der Waals surface area contributed by atoms with Gasteiger partial charge in [-0.2, -0.15) is 0 Å². The Morgan fingerprint density at radius 1 is 0.900 bits per heavy atom. The molecule has 1 heterocycles. The zero-order chi connectivity index (χ0) is 20.6. The van der Waals surface area contributed by atoms with Crippen LogP contribution in [0.3, 0.4) is 0 Å². The molecule has 0 spiro atoms. The Morgan fingerprint density at radius 3 is 2.37 bits per heavy atom. The highest BCUT2D eigenvalue weighted by molar-refractivity contribution is 6.08. The molecule has 3 aromatic rings. The van der Waals surface area contributed by atoms with Gasteiger partial charge >= 0.3 is 0 Å². The molecule has 1 aliphatic carbocycles. The summed E-state index contributed by atoms with van der Waals surface area (Å²) in [6.45, 7) is 5.24. The fourth-order valence-electron chi connectivity index (χ4n) is 5.66. The first kappa shape index (κ1) is 19.3. The molecule has 1 unspecified atom stereocenters. The van der Waals surface area contributed by atoms with E-state index in [0.717, 1.165) is 44.5 Å². The van der Waals surface area contributed by atoms with Crippen LogP contribution in [0.15, 0.2) is 78.9 Å². The summed E-state index contributed by atoms with van der Waals surface area (Å²) in [5, 5.41) is 0. The van der Waals surface area contributed by atoms with Crippen LogP contribution in [0.1, 0.15) is 45.5 Å². The first-order chi connectivity index (χ1) is 14.7. The topological polar surface area (TPSA) is 20.3 Å². The molecule has 152 valence electrons. The summed E-state index contributed by atoms with van der Waals surface area (Å²) in [7, 11) is 0. The lowest BCUT2D eigenvalue weighted by atomic mass is 9.64. The van der Waals surface area contributed by atoms with Gasteiger partial charge in [0, 0.05) is 12.1 Å². The molecule has 2 nitrogen and oxygen atoms in total. The SMILES string of the molecule is Cc1cccc(C2(C3CCN(Cc4ccccc4)CC3)Cc3ccccc3C2=O)c1. The Balaban J connectivity index is 1.44. The fourth-order valence-corrected chi connectivity index (χ4v) is 5.66. The van der Waals surface area contributed by atoms with Gasteiger partial charge in [-0.05, 0) is 61.9 Å². The first-order valence-corrected chi connectivity index (χ1v) is 11.1. The molecule has 1 fully saturated rings. The van der Waals surface area contributed by atoms with Gasteiger partial charge in [-0.15, -0.1) is 0 Å². The standard InChI is InChI=1S/C28H29NO/c1-21-8-7-12-25(18-21)28(19-23-11-5-6-13-26(23)27(28)30)24-14-16-29(17-15-24)20-22-9-3-2-4-10-22/h2-13,18,24H,14-17,19-20H2,1H3. The van der Waals surface area contributed by atoms with Gasteiger partial charge in [0.15, 0.2) is 5.78 Å². The van der Waals surface area contributed by atoms with Gasteiger partial charge in [0.25, 0.3) is 0 Å². The van der Waals surface area contributed by atoms with Crippen LogP contribution < -0.4 is 0 Å². The minimum Gasteiger partial charge on any atom is -0.299 e. The summed E-state index contributed by atoms with van der Waals surface area (Å²) in [5.41, 5.74) is 5.56. The van der Waals surface area contributed by atoms with Crippen molar-refractivity contribution in [1.29, 1.82) is 0 Å². The van der Waals surface area contributed by atoms with Crippen molar-refractivity contribution in [3.63, 3.8) is 0 Å². The van der Waals surface area contributed by atoms with Gasteiger partial charge < -0.3 is 0 Å². The van der Waals surface area contributed by atoms with Crippen LogP contribution in [0, 0.1) is 12.8 Å². The lowest BCUT2D eigenvalue weighted by molar-refractivity contribution is 0.0735. The zero-order valence-electron chi connectivity index (χ0n) is 17.7. The molecule has 0 radical (unpaired) electrons. The van der Waals surface area contributed by atoms with Crippen molar-refractivity contribution < 1.29 is 4.79 Å². The Labute approximate surface area is 179 Å². The van der Waals surface area contributed by atoms with Crippen molar-refractivity contribution >= 4 is 5.78 Å². The van der Waals surface area contributed by atoms with Crippen molar-refractivity contribution in [3.05, 3.63) is 107 Å². The Hall–Kier alpha value is -2.71. The second kappa shape index (κ2) is 7.85. The molecular weight excluding hydrogens is 366 g/mol. The molecule has 0 saturated carbocycles. The Morgan fingerprint density at radius 2 is 1.63 bits per heavy atom. The minimum atomic E-state index is -0.408. The molecule has 0 N–H and O–H groups in total. The third-order valence-electron chi connectivity index (χ3n) is 7.20. The number of ketones is 1. The van der Waals surface area contributed by atoms with Crippen LogP contribution in [-0.4, -0.2) is 23.8 Å². The predicted octanol–water partition coefficient (Wildman–Crippen LogP) is 5.58. The average Bonchev–Trinajstić information content (AvgIpc) is 3.09. The number of fused-ring (bicyclic) bond motifs is 1. The number of hydrogen-bond donors (Lipinski definition) is 0. The molecule has 30 heavy (non-hydrogen) atoms. The predicted molar refractivity (Wildman–Crippen MR) is 122 cm³/mol. The van der Waals surface area contributed by atoms with Gasteiger partial charge in [0.05, 0.1) is 5.41 Å². The van der Waals surface area contributed by atoms with E-state index in [-0.39, 0.29) is 0 Å². The monoisotopic (exact) mass is 395 g/mol. The number of aryl methyl sites for hydroxylation is 1. The van der Waals surface area contributed by atoms with E-state index in [2.05, 4.69) is 78.6 Å². The maximum Gasteiger partial charge on any atom is 0.174 e. The largest absolute Gasteiger partial charge is 0.299 e. The van der Waals surface area contributed by atoms with Crippen molar-refractivity contribution in [2.45, 2.75) is 38.1 Å². The lowest BCUT2D eigenvalue weighted by Crippen LogP contribution is -2.47. The van der Waals surface area contributed by atoms with E-state index in [0.29, 0.717) is 11.7 Å². The number of Topliss-reactive ketones (excluding diaryl/α,β-unsaturated/α-hetero) is 1. The van der Waals surface area contributed by atoms with E-state index < -0.39 is 5.41 Å². The van der Waals surface area contributed by atoms with Crippen LogP contribution in [-0.2, 0) is 18.4 Å². The number of carbonyl (C=O) groups is 1. The van der Waals surface area contributed by atoms with Gasteiger partial charge in [0.2, 0.25) is 0 Å². The van der Waals surface area contributed by atoms with Crippen molar-refractivity contribution in [2.75, 3.05) is 13.1 Å². The third kappa shape index (κ3) is 3.30. The summed E-state index contributed by atoms with van der Waals surface area (Å²) < 4.78 is 0. The minimum absolute atomic E-state index is 0.338. The molecule has 2 aliphatic rings. The van der Waals surface area contributed by atoms with E-state index in [4.69, 9.17) is 0 Å². The summed E-state index contributed by atoms with van der Waals surface area (Å²) in [5.74, 6) is 0.719. The van der Waals surface area contributed by atoms with Crippen LogP contribution >= 0.6 is 0 Å². The van der Waals surface area contributed by atoms with Crippen LogP contribution in [0.25, 0.3) is 0 Å². The number of likely N-dealkylation sites (tertiary alicyclic amines) is 1. The quantitative estimate of drug-likeness (QED) is 0.574. The number of nitrogens with zero attached hydrogens (tertiary/aromatic N) is 1. The second-order valence-electron chi connectivity index (χ2n) is 9.04. The molecule has 1 atom stereocenters. The zero-order valence-corrected chi connectivity index (χ0v) is 17.7. The smallest absolute Gasteiger partial charge is 0.174 e. The molecule has 5 rings (SSSR count). The van der Waals surface area contributed by atoms with E-state index in [1.54, 1.807) is 0 Å². The number of hydrogen-bond acceptors (Lipinski definition) is 2. The van der Waals surface area contributed by atoms with Crippen molar-refractivity contribution in [2.24, 2.45) is 5.92 Å². The highest BCUT2D eigenvalue weighted by atomic mass is 16.1. The van der Waals surface area contributed by atoms with Crippen molar-refractivity contribution in [1.82, 2.24) is 4.90 Å². The summed E-state index contributed by atoms with van der Waals surface area (Å²) in [6.07, 6.45) is 2.98. The highest BCUT2D eigenvalue weighted by Crippen LogP contribution is 2.48. The molecule has 0 amide bonds. The molecule has 3 aromatic carbocycles. The van der Waals surface area contributed by atoms with Gasteiger partial charge in [-0.1, -0.05) is 84.4 Å². The maximum atomic E-state index is 13.9. The molecule has 0 bridgehead atoms. The first-order valence-electron chi connectivity index (χ1n) is 11.1. The second-order valence-corrected chi connectivity index (χ2v) is 9.04. The van der Waals surface area contributed by atoms with Crippen molar-refractivity contribution in [3.8, 4) is 0 Å². The summed E-state index contributed by atoms with van der Waals surface area (Å²) >= 11 is 0. The average molecular weight is 396 g/mol. The molecule has 1 saturated heterocycles. The van der Waals surface area contributed by atoms with Crippen LogP contribution in [0.2, 0.25) is 0 Å². The van der Waals surface area contributed by atoms with E-state index >= 15 is 0 Å². The molecular formula is C28H29NO. The van der Waals surface area contributed by atoms with E-state index in [9.17, 15) is 4.79 Å². The normalized spacial score (nSPS) is 22.2. The fraction of sp³-hybridized carbons (Fsp3) is 0.321. The number of benzene rings is 3. The number of carbonyl (C=O) groups excluding carboxylic acids is 1. The van der Waals surface area contributed by atoms with E-state index in [1.807, 2.05) is 12.1 Å². The summed E-state index contributed by atoms with van der Waals surface area (Å²) in [4.78, 5) is 16.4. The lowest BCUT2D eigenvalue weighted by Gasteiger charge is -2.42. The number of piperidine rings is 1. The molecule has 2 heteroatoms. The summed E-state index contributed by atoms with van der Waals surface area (Å²) in [6, 6.07) is 27.7. The van der Waals surface area contributed by atoms with Crippen LogP contribution in [0.5, 0.6) is 0 Å². The third-order valence-corrected chi connectivity index (χ3v) is 7.20. The Bertz CT molecular complexity index is 1050. The maximum absolute atomic E-state index is 13.9. The van der Waals surface area contributed by atoms with E-state index in [1.165, 1.54) is 22.3 Å².